The van der Waals surface area contributed by atoms with E-state index in [1.807, 2.05) is 37.6 Å². The van der Waals surface area contributed by atoms with Crippen molar-refractivity contribution in [3.63, 3.8) is 0 Å². The first kappa shape index (κ1) is 37.1. The molecule has 59 heavy (non-hydrogen) atoms. The van der Waals surface area contributed by atoms with E-state index in [0.29, 0.717) is 23.4 Å². The summed E-state index contributed by atoms with van der Waals surface area (Å²) in [5.41, 5.74) is 12.4. The van der Waals surface area contributed by atoms with Gasteiger partial charge in [0.15, 0.2) is 17.5 Å². The average Bonchev–Trinajstić information content (AvgIpc) is 3.93. The molecule has 3 atom stereocenters. The van der Waals surface area contributed by atoms with Crippen LogP contribution in [-0.4, -0.2) is 28.3 Å². The van der Waals surface area contributed by atoms with Gasteiger partial charge in [0, 0.05) is 27.4 Å². The normalized spacial score (nSPS) is 18.5. The molecule has 5 heteroatoms. The molecular formula is C54H46N3OP. The van der Waals surface area contributed by atoms with E-state index in [1.54, 1.807) is 0 Å². The van der Waals surface area contributed by atoms with Crippen molar-refractivity contribution < 1.29 is 4.57 Å². The quantitative estimate of drug-likeness (QED) is 0.137. The first-order chi connectivity index (χ1) is 28.8. The van der Waals surface area contributed by atoms with Crippen LogP contribution in [0, 0.1) is 11.8 Å². The molecule has 0 radical (unpaired) electrons. The van der Waals surface area contributed by atoms with Crippen LogP contribution in [0.5, 0.6) is 0 Å². The van der Waals surface area contributed by atoms with E-state index in [2.05, 4.69) is 158 Å². The van der Waals surface area contributed by atoms with Crippen molar-refractivity contribution in [3.8, 4) is 67.5 Å². The van der Waals surface area contributed by atoms with Crippen LogP contribution < -0.4 is 5.30 Å². The van der Waals surface area contributed by atoms with Gasteiger partial charge in [-0.2, -0.15) is 0 Å². The molecule has 10 rings (SSSR count). The first-order valence-corrected chi connectivity index (χ1v) is 23.4. The Morgan fingerprint density at radius 2 is 0.932 bits per heavy atom. The molecule has 0 amide bonds. The fourth-order valence-corrected chi connectivity index (χ4v) is 10.7. The van der Waals surface area contributed by atoms with E-state index in [9.17, 15) is 4.57 Å². The topological polar surface area (TPSA) is 55.7 Å². The Balaban J connectivity index is 1.04. The fraction of sp³-hybridized carbons (Fsp3) is 0.167. The van der Waals surface area contributed by atoms with E-state index in [4.69, 9.17) is 15.0 Å². The summed E-state index contributed by atoms with van der Waals surface area (Å²) in [6.45, 7) is 3.68. The van der Waals surface area contributed by atoms with Crippen LogP contribution in [-0.2, 0) is 9.98 Å². The molecule has 2 aliphatic rings. The molecule has 0 aliphatic heterocycles. The van der Waals surface area contributed by atoms with Gasteiger partial charge in [-0.15, -0.1) is 0 Å². The molecule has 0 saturated heterocycles. The molecule has 2 fully saturated rings. The molecule has 8 aromatic rings. The van der Waals surface area contributed by atoms with Gasteiger partial charge in [-0.25, -0.2) is 15.0 Å². The van der Waals surface area contributed by atoms with Crippen LogP contribution in [0.2, 0.25) is 0 Å². The lowest BCUT2D eigenvalue weighted by atomic mass is 9.64. The number of rotatable bonds is 9. The predicted molar refractivity (Wildman–Crippen MR) is 244 cm³/mol. The zero-order valence-electron chi connectivity index (χ0n) is 33.5. The highest BCUT2D eigenvalue weighted by Gasteiger charge is 2.52. The van der Waals surface area contributed by atoms with Crippen molar-refractivity contribution in [1.29, 1.82) is 0 Å². The van der Waals surface area contributed by atoms with Crippen LogP contribution in [0.15, 0.2) is 182 Å². The molecule has 1 aromatic heterocycles. The Morgan fingerprint density at radius 1 is 0.458 bits per heavy atom. The smallest absolute Gasteiger partial charge is 0.164 e. The Labute approximate surface area is 347 Å². The number of nitrogens with zero attached hydrogens (tertiary/aromatic N) is 3. The van der Waals surface area contributed by atoms with Crippen LogP contribution in [0.1, 0.15) is 36.8 Å². The van der Waals surface area contributed by atoms with Gasteiger partial charge in [-0.1, -0.05) is 182 Å². The maximum absolute atomic E-state index is 12.9. The molecular weight excluding hydrogens is 738 g/mol. The van der Waals surface area contributed by atoms with Crippen LogP contribution in [0.4, 0.5) is 0 Å². The molecule has 2 aliphatic carbocycles. The third-order valence-electron chi connectivity index (χ3n) is 12.8. The maximum atomic E-state index is 12.9. The van der Waals surface area contributed by atoms with Gasteiger partial charge < -0.3 is 4.57 Å². The lowest BCUT2D eigenvalue weighted by Crippen LogP contribution is -2.34. The highest BCUT2D eigenvalue weighted by molar-refractivity contribution is 7.70. The van der Waals surface area contributed by atoms with Gasteiger partial charge in [0.2, 0.25) is 0 Å². The standard InChI is InChI=1S/C54H46N3OP/c1-59(2,58)48-17-11-16-44(35-48)40-25-30-45(31-26-40)54(36-37-20-29-47(54)34-37)46-32-27-43(28-33-46)52-55-51(42-23-21-39(22-24-42)38-12-5-3-6-13-38)56-53(57-52)50-19-10-9-18-49(50)41-14-7-4-8-15-41/h3-19,21-28,30-33,35,37,47H,20,29,34,36H2,1-2H3. The van der Waals surface area contributed by atoms with Gasteiger partial charge in [-0.3, -0.25) is 0 Å². The minimum absolute atomic E-state index is 0.0467. The average molecular weight is 784 g/mol. The van der Waals surface area contributed by atoms with E-state index in [0.717, 1.165) is 62.2 Å². The van der Waals surface area contributed by atoms with Gasteiger partial charge in [0.25, 0.3) is 0 Å². The number of hydrogen-bond acceptors (Lipinski definition) is 4. The summed E-state index contributed by atoms with van der Waals surface area (Å²) in [4.78, 5) is 15.5. The van der Waals surface area contributed by atoms with Crippen molar-refractivity contribution >= 4 is 12.4 Å². The minimum atomic E-state index is -2.35. The largest absolute Gasteiger partial charge is 0.319 e. The second-order valence-corrected chi connectivity index (χ2v) is 20.0. The predicted octanol–water partition coefficient (Wildman–Crippen LogP) is 13.2. The summed E-state index contributed by atoms with van der Waals surface area (Å²) in [5, 5.41) is 0.919. The number of hydrogen-bond donors (Lipinski definition) is 0. The summed E-state index contributed by atoms with van der Waals surface area (Å²) in [6.07, 6.45) is 5.01. The summed E-state index contributed by atoms with van der Waals surface area (Å²) in [7, 11) is -2.35. The maximum Gasteiger partial charge on any atom is 0.164 e. The monoisotopic (exact) mass is 783 g/mol. The van der Waals surface area contributed by atoms with E-state index in [1.165, 1.54) is 36.0 Å². The molecule has 1 heterocycles. The zero-order chi connectivity index (χ0) is 40.0. The Hall–Kier alpha value is -6.22. The number of fused-ring (bicyclic) bond motifs is 2. The summed E-state index contributed by atoms with van der Waals surface area (Å²) in [6, 6.07) is 64.4. The number of aromatic nitrogens is 3. The van der Waals surface area contributed by atoms with Crippen LogP contribution >= 0.6 is 7.14 Å². The second-order valence-electron chi connectivity index (χ2n) is 16.8. The van der Waals surface area contributed by atoms with E-state index < -0.39 is 7.14 Å². The molecule has 7 aromatic carbocycles. The van der Waals surface area contributed by atoms with Crippen LogP contribution in [0.3, 0.4) is 0 Å². The minimum Gasteiger partial charge on any atom is -0.319 e. The highest BCUT2D eigenvalue weighted by atomic mass is 31.2. The molecule has 4 nitrogen and oxygen atoms in total. The van der Waals surface area contributed by atoms with Crippen LogP contribution in [0.25, 0.3) is 67.5 Å². The summed E-state index contributed by atoms with van der Waals surface area (Å²) >= 11 is 0. The molecule has 0 spiro atoms. The van der Waals surface area contributed by atoms with Gasteiger partial charge >= 0.3 is 0 Å². The van der Waals surface area contributed by atoms with Gasteiger partial charge in [0.1, 0.15) is 7.14 Å². The first-order valence-electron chi connectivity index (χ1n) is 20.8. The number of benzene rings is 7. The fourth-order valence-electron chi connectivity index (χ4n) is 9.85. The molecule has 288 valence electrons. The van der Waals surface area contributed by atoms with Crippen molar-refractivity contribution in [3.05, 3.63) is 193 Å². The molecule has 3 unspecified atom stereocenters. The van der Waals surface area contributed by atoms with Crippen molar-refractivity contribution in [2.75, 3.05) is 13.3 Å². The highest BCUT2D eigenvalue weighted by Crippen LogP contribution is 2.60. The van der Waals surface area contributed by atoms with E-state index >= 15 is 0 Å². The third kappa shape index (κ3) is 7.06. The van der Waals surface area contributed by atoms with Crippen molar-refractivity contribution in [2.24, 2.45) is 11.8 Å². The zero-order valence-corrected chi connectivity index (χ0v) is 34.4. The second kappa shape index (κ2) is 15.2. The Morgan fingerprint density at radius 3 is 1.51 bits per heavy atom. The SMILES string of the molecule is CP(C)(=O)c1cccc(-c2ccc(C3(c4ccc(-c5nc(-c6ccc(-c7ccccc7)cc6)nc(-c6ccccc6-c6ccccc6)n5)cc4)CC4CCC3C4)cc2)c1. The van der Waals surface area contributed by atoms with Crippen molar-refractivity contribution in [1.82, 2.24) is 15.0 Å². The lowest BCUT2D eigenvalue weighted by Gasteiger charge is -2.39. The molecule has 2 bridgehead atoms. The molecule has 0 N–H and O–H groups in total. The lowest BCUT2D eigenvalue weighted by molar-refractivity contribution is 0.320. The van der Waals surface area contributed by atoms with E-state index in [-0.39, 0.29) is 5.41 Å². The Kier molecular flexibility index (Phi) is 9.54. The van der Waals surface area contributed by atoms with Gasteiger partial charge in [-0.05, 0) is 95.0 Å². The van der Waals surface area contributed by atoms with Crippen molar-refractivity contribution in [2.45, 2.75) is 31.1 Å². The Bertz CT molecular complexity index is 2820. The summed E-state index contributed by atoms with van der Waals surface area (Å²) < 4.78 is 12.9. The summed E-state index contributed by atoms with van der Waals surface area (Å²) in [5.74, 6) is 3.29. The molecule has 2 saturated carbocycles. The third-order valence-corrected chi connectivity index (χ3v) is 14.4. The van der Waals surface area contributed by atoms with Gasteiger partial charge in [0.05, 0.1) is 0 Å².